The van der Waals surface area contributed by atoms with Crippen molar-refractivity contribution in [3.05, 3.63) is 83.8 Å². The van der Waals surface area contributed by atoms with Crippen LogP contribution in [-0.4, -0.2) is 49.0 Å². The molecule has 0 radical (unpaired) electrons. The first-order chi connectivity index (χ1) is 16.6. The molecule has 0 fully saturated rings. The van der Waals surface area contributed by atoms with Gasteiger partial charge < -0.3 is 14.0 Å². The fraction of sp³-hybridized carbons (Fsp3) is 0.174. The Labute approximate surface area is 196 Å². The molecule has 4 aromatic rings. The molecule has 0 unspecified atom stereocenters. The SMILES string of the molecule is Cc1cc(C(=O)COC(=O)c2cccnc2-n2cncn2)c(C)n1-c1ccc(OC(F)(F)F)cc1. The molecule has 180 valence electrons. The Morgan fingerprint density at radius 1 is 1.06 bits per heavy atom. The molecule has 0 aliphatic heterocycles. The van der Waals surface area contributed by atoms with Gasteiger partial charge in [-0.15, -0.1) is 13.2 Å². The highest BCUT2D eigenvalue weighted by molar-refractivity contribution is 6.01. The summed E-state index contributed by atoms with van der Waals surface area (Å²) < 4.78 is 49.3. The minimum Gasteiger partial charge on any atom is -0.454 e. The molecule has 0 saturated heterocycles. The largest absolute Gasteiger partial charge is 0.573 e. The van der Waals surface area contributed by atoms with Gasteiger partial charge in [-0.25, -0.2) is 19.4 Å². The second-order valence-electron chi connectivity index (χ2n) is 7.38. The quantitative estimate of drug-likeness (QED) is 0.288. The van der Waals surface area contributed by atoms with E-state index in [1.807, 2.05) is 0 Å². The third-order valence-electron chi connectivity index (χ3n) is 5.04. The van der Waals surface area contributed by atoms with Crippen molar-refractivity contribution >= 4 is 11.8 Å². The van der Waals surface area contributed by atoms with E-state index in [4.69, 9.17) is 4.74 Å². The van der Waals surface area contributed by atoms with E-state index in [-0.39, 0.29) is 17.1 Å². The maximum absolute atomic E-state index is 12.8. The smallest absolute Gasteiger partial charge is 0.454 e. The Hall–Kier alpha value is -4.48. The van der Waals surface area contributed by atoms with Crippen molar-refractivity contribution in [2.24, 2.45) is 0 Å². The molecule has 0 aliphatic carbocycles. The second kappa shape index (κ2) is 9.41. The Kier molecular flexibility index (Phi) is 6.36. The summed E-state index contributed by atoms with van der Waals surface area (Å²) in [5.74, 6) is -1.35. The molecule has 0 aliphatic rings. The summed E-state index contributed by atoms with van der Waals surface area (Å²) in [7, 11) is 0. The summed E-state index contributed by atoms with van der Waals surface area (Å²) >= 11 is 0. The molecule has 0 spiro atoms. The van der Waals surface area contributed by atoms with Crippen LogP contribution in [0.1, 0.15) is 32.1 Å². The van der Waals surface area contributed by atoms with Crippen LogP contribution in [0.3, 0.4) is 0 Å². The van der Waals surface area contributed by atoms with Crippen molar-refractivity contribution in [2.45, 2.75) is 20.2 Å². The molecule has 3 heterocycles. The third kappa shape index (κ3) is 5.21. The van der Waals surface area contributed by atoms with Crippen LogP contribution in [-0.2, 0) is 4.74 Å². The van der Waals surface area contributed by atoms with E-state index in [2.05, 4.69) is 19.8 Å². The van der Waals surface area contributed by atoms with Crippen molar-refractivity contribution in [2.75, 3.05) is 6.61 Å². The molecule has 1 aromatic carbocycles. The number of Topliss-reactive ketones (excluding diaryl/α,β-unsaturated/α-hetero) is 1. The van der Waals surface area contributed by atoms with E-state index in [1.54, 1.807) is 30.5 Å². The number of carbonyl (C=O) groups excluding carboxylic acids is 2. The number of pyridine rings is 1. The summed E-state index contributed by atoms with van der Waals surface area (Å²) in [6.07, 6.45) is -0.639. The van der Waals surface area contributed by atoms with Crippen molar-refractivity contribution in [3.63, 3.8) is 0 Å². The molecule has 0 bridgehead atoms. The lowest BCUT2D eigenvalue weighted by atomic mass is 10.1. The van der Waals surface area contributed by atoms with Gasteiger partial charge in [0.1, 0.15) is 24.0 Å². The van der Waals surface area contributed by atoms with E-state index in [9.17, 15) is 22.8 Å². The van der Waals surface area contributed by atoms with Gasteiger partial charge in [-0.1, -0.05) is 0 Å². The first-order valence-corrected chi connectivity index (χ1v) is 10.2. The van der Waals surface area contributed by atoms with Crippen LogP contribution < -0.4 is 4.74 Å². The third-order valence-corrected chi connectivity index (χ3v) is 5.04. The first kappa shape index (κ1) is 23.7. The van der Waals surface area contributed by atoms with Gasteiger partial charge in [0, 0.05) is 28.8 Å². The van der Waals surface area contributed by atoms with Crippen LogP contribution in [0.15, 0.2) is 61.3 Å². The number of ether oxygens (including phenoxy) is 2. The number of alkyl halides is 3. The molecular weight excluding hydrogens is 467 g/mol. The van der Waals surface area contributed by atoms with Crippen LogP contribution >= 0.6 is 0 Å². The Morgan fingerprint density at radius 3 is 2.46 bits per heavy atom. The predicted molar refractivity (Wildman–Crippen MR) is 116 cm³/mol. The highest BCUT2D eigenvalue weighted by Gasteiger charge is 2.31. The number of benzene rings is 1. The van der Waals surface area contributed by atoms with Gasteiger partial charge in [0.05, 0.1) is 0 Å². The number of esters is 1. The van der Waals surface area contributed by atoms with E-state index >= 15 is 0 Å². The zero-order valence-corrected chi connectivity index (χ0v) is 18.5. The van der Waals surface area contributed by atoms with Crippen LogP contribution in [0.2, 0.25) is 0 Å². The van der Waals surface area contributed by atoms with Gasteiger partial charge >= 0.3 is 12.3 Å². The molecule has 9 nitrogen and oxygen atoms in total. The topological polar surface area (TPSA) is 101 Å². The highest BCUT2D eigenvalue weighted by Crippen LogP contribution is 2.26. The Morgan fingerprint density at radius 2 is 1.80 bits per heavy atom. The normalized spacial score (nSPS) is 11.3. The van der Waals surface area contributed by atoms with Gasteiger partial charge in [0.2, 0.25) is 5.78 Å². The lowest BCUT2D eigenvalue weighted by Gasteiger charge is -2.12. The van der Waals surface area contributed by atoms with E-state index in [1.165, 1.54) is 53.9 Å². The van der Waals surface area contributed by atoms with Crippen LogP contribution in [0.4, 0.5) is 13.2 Å². The molecule has 4 rings (SSSR count). The lowest BCUT2D eigenvalue weighted by Crippen LogP contribution is -2.17. The summed E-state index contributed by atoms with van der Waals surface area (Å²) in [6, 6.07) is 9.94. The number of carbonyl (C=O) groups is 2. The van der Waals surface area contributed by atoms with Crippen molar-refractivity contribution < 1.29 is 32.2 Å². The van der Waals surface area contributed by atoms with Gasteiger partial charge in [-0.05, 0) is 56.3 Å². The minimum absolute atomic E-state index is 0.109. The fourth-order valence-corrected chi connectivity index (χ4v) is 3.58. The van der Waals surface area contributed by atoms with Gasteiger partial charge in [0.25, 0.3) is 0 Å². The molecule has 0 amide bonds. The van der Waals surface area contributed by atoms with Crippen LogP contribution in [0, 0.1) is 13.8 Å². The Balaban J connectivity index is 1.49. The summed E-state index contributed by atoms with van der Waals surface area (Å²) in [5.41, 5.74) is 2.17. The first-order valence-electron chi connectivity index (χ1n) is 10.2. The van der Waals surface area contributed by atoms with Crippen molar-refractivity contribution in [1.29, 1.82) is 0 Å². The number of hydrogen-bond donors (Lipinski definition) is 0. The van der Waals surface area contributed by atoms with Gasteiger partial charge in [-0.3, -0.25) is 4.79 Å². The summed E-state index contributed by atoms with van der Waals surface area (Å²) in [5, 5.41) is 3.95. The van der Waals surface area contributed by atoms with E-state index in [0.717, 1.165) is 0 Å². The molecule has 35 heavy (non-hydrogen) atoms. The number of halogens is 3. The van der Waals surface area contributed by atoms with E-state index in [0.29, 0.717) is 22.6 Å². The zero-order chi connectivity index (χ0) is 25.2. The lowest BCUT2D eigenvalue weighted by molar-refractivity contribution is -0.274. The van der Waals surface area contributed by atoms with Crippen LogP contribution in [0.25, 0.3) is 11.5 Å². The van der Waals surface area contributed by atoms with Crippen molar-refractivity contribution in [1.82, 2.24) is 24.3 Å². The van der Waals surface area contributed by atoms with Gasteiger partial charge in [-0.2, -0.15) is 5.10 Å². The molecule has 0 saturated carbocycles. The number of ketones is 1. The summed E-state index contributed by atoms with van der Waals surface area (Å²) in [6.45, 7) is 2.91. The fourth-order valence-electron chi connectivity index (χ4n) is 3.58. The number of rotatable bonds is 7. The number of nitrogens with zero attached hydrogens (tertiary/aromatic N) is 5. The van der Waals surface area contributed by atoms with Gasteiger partial charge in [0.15, 0.2) is 12.4 Å². The maximum atomic E-state index is 12.8. The van der Waals surface area contributed by atoms with E-state index < -0.39 is 24.7 Å². The monoisotopic (exact) mass is 485 g/mol. The summed E-state index contributed by atoms with van der Waals surface area (Å²) in [4.78, 5) is 33.4. The number of aromatic nitrogens is 5. The van der Waals surface area contributed by atoms with Crippen molar-refractivity contribution in [3.8, 4) is 17.3 Å². The molecule has 12 heteroatoms. The molecule has 0 N–H and O–H groups in total. The predicted octanol–water partition coefficient (Wildman–Crippen LogP) is 4.01. The number of aryl methyl sites for hydroxylation is 1. The second-order valence-corrected chi connectivity index (χ2v) is 7.38. The average Bonchev–Trinajstić information content (AvgIpc) is 3.45. The average molecular weight is 485 g/mol. The molecule has 0 atom stereocenters. The minimum atomic E-state index is -4.79. The maximum Gasteiger partial charge on any atom is 0.573 e. The zero-order valence-electron chi connectivity index (χ0n) is 18.5. The van der Waals surface area contributed by atoms with Crippen LogP contribution in [0.5, 0.6) is 5.75 Å². The molecule has 3 aromatic heterocycles. The Bertz CT molecular complexity index is 1360. The number of hydrogen-bond acceptors (Lipinski definition) is 7. The standard InChI is InChI=1S/C23H18F3N5O4/c1-14-10-19(15(2)31(14)16-5-7-17(8-6-16)35-23(24,25)26)20(32)11-34-22(33)18-4-3-9-28-21(18)30-13-27-12-29-30/h3-10,12-13H,11H2,1-2H3. The molecular formula is C23H18F3N5O4. The highest BCUT2D eigenvalue weighted by atomic mass is 19.4.